The molecule has 0 radical (unpaired) electrons. The van der Waals surface area contributed by atoms with Gasteiger partial charge in [0.15, 0.2) is 17.7 Å². The van der Waals surface area contributed by atoms with E-state index in [4.69, 9.17) is 18.9 Å². The van der Waals surface area contributed by atoms with Crippen molar-refractivity contribution in [3.05, 3.63) is 75.9 Å². The minimum Gasteiger partial charge on any atom is -0.490 e. The average Bonchev–Trinajstić information content (AvgIpc) is 2.91. The Labute approximate surface area is 235 Å². The lowest BCUT2D eigenvalue weighted by Gasteiger charge is -2.28. The summed E-state index contributed by atoms with van der Waals surface area (Å²) in [5.41, 5.74) is 4.65. The van der Waals surface area contributed by atoms with E-state index < -0.39 is 24.3 Å². The lowest BCUT2D eigenvalue weighted by molar-refractivity contribution is -0.136. The second-order valence-corrected chi connectivity index (χ2v) is 9.06. The fourth-order valence-corrected chi connectivity index (χ4v) is 4.19. The Balaban J connectivity index is 1.66. The Morgan fingerprint density at radius 3 is 2.67 bits per heavy atom. The number of hydrazone groups is 1. The topological polar surface area (TPSA) is 140 Å². The summed E-state index contributed by atoms with van der Waals surface area (Å²) >= 11 is 3.45. The molecule has 2 aromatic rings. The van der Waals surface area contributed by atoms with Gasteiger partial charge < -0.3 is 34.7 Å². The Morgan fingerprint density at radius 1 is 1.21 bits per heavy atom. The zero-order valence-electron chi connectivity index (χ0n) is 21.8. The van der Waals surface area contributed by atoms with Crippen LogP contribution in [0.2, 0.25) is 0 Å². The highest BCUT2D eigenvalue weighted by Gasteiger charge is 2.32. The highest BCUT2D eigenvalue weighted by Crippen LogP contribution is 2.35. The van der Waals surface area contributed by atoms with Gasteiger partial charge in [-0.2, -0.15) is 5.10 Å². The van der Waals surface area contributed by atoms with Gasteiger partial charge in [-0.15, -0.1) is 0 Å². The molecular weight excluding hydrogens is 572 g/mol. The Morgan fingerprint density at radius 2 is 1.97 bits per heavy atom. The van der Waals surface area contributed by atoms with Crippen LogP contribution >= 0.6 is 15.9 Å². The average molecular weight is 603 g/mol. The first kappa shape index (κ1) is 29.5. The van der Waals surface area contributed by atoms with E-state index in [0.29, 0.717) is 41.7 Å². The van der Waals surface area contributed by atoms with Crippen LogP contribution in [-0.4, -0.2) is 56.5 Å². The van der Waals surface area contributed by atoms with Gasteiger partial charge in [-0.3, -0.25) is 5.43 Å². The molecule has 208 valence electrons. The number of aliphatic hydroxyl groups is 1. The number of hydrogen-bond donors (Lipinski definition) is 4. The Kier molecular flexibility index (Phi) is 10.8. The number of aliphatic hydroxyl groups excluding tert-OH is 1. The number of carbonyl (C=O) groups excluding carboxylic acids is 2. The molecule has 0 unspecified atom stereocenters. The van der Waals surface area contributed by atoms with Gasteiger partial charge in [0.05, 0.1) is 36.0 Å². The quantitative estimate of drug-likeness (QED) is 0.0897. The molecule has 0 aromatic heterocycles. The number of hydrogen-bond acceptors (Lipinski definition) is 9. The van der Waals surface area contributed by atoms with Gasteiger partial charge in [0.1, 0.15) is 19.0 Å². The maximum Gasteiger partial charge on any atom is 0.337 e. The van der Waals surface area contributed by atoms with E-state index in [1.54, 1.807) is 43.5 Å². The van der Waals surface area contributed by atoms with Crippen molar-refractivity contribution in [2.24, 2.45) is 5.10 Å². The Bertz CT molecular complexity index is 1260. The van der Waals surface area contributed by atoms with E-state index >= 15 is 0 Å². The van der Waals surface area contributed by atoms with Crippen molar-refractivity contribution in [1.29, 1.82) is 0 Å². The summed E-state index contributed by atoms with van der Waals surface area (Å²) < 4.78 is 22.7. The molecule has 0 bridgehead atoms. The van der Waals surface area contributed by atoms with E-state index in [9.17, 15) is 14.7 Å². The third-order valence-corrected chi connectivity index (χ3v) is 6.04. The van der Waals surface area contributed by atoms with Crippen molar-refractivity contribution in [2.75, 3.05) is 26.9 Å². The summed E-state index contributed by atoms with van der Waals surface area (Å²) in [6.07, 6.45) is 2.09. The molecule has 1 heterocycles. The van der Waals surface area contributed by atoms with E-state index in [2.05, 4.69) is 43.7 Å². The van der Waals surface area contributed by atoms with Crippen molar-refractivity contribution in [1.82, 2.24) is 16.1 Å². The summed E-state index contributed by atoms with van der Waals surface area (Å²) in [7, 11) is 1.28. The van der Waals surface area contributed by atoms with Gasteiger partial charge in [-0.25, -0.2) is 9.59 Å². The summed E-state index contributed by atoms with van der Waals surface area (Å²) in [5.74, 6) is 0.858. The van der Waals surface area contributed by atoms with Gasteiger partial charge >= 0.3 is 12.0 Å². The fraction of sp³-hybridized carbons (Fsp3) is 0.296. The third-order valence-electron chi connectivity index (χ3n) is 5.42. The molecule has 1 aliphatic heterocycles. The van der Waals surface area contributed by atoms with Crippen molar-refractivity contribution in [2.45, 2.75) is 26.1 Å². The predicted octanol–water partition coefficient (Wildman–Crippen LogP) is 3.53. The maximum absolute atomic E-state index is 12.4. The van der Waals surface area contributed by atoms with E-state index in [-0.39, 0.29) is 12.2 Å². The molecule has 3 rings (SSSR count). The van der Waals surface area contributed by atoms with Gasteiger partial charge in [0.2, 0.25) is 0 Å². The first-order valence-corrected chi connectivity index (χ1v) is 12.8. The van der Waals surface area contributed by atoms with Crippen molar-refractivity contribution >= 4 is 34.1 Å². The number of allylic oxidation sites excluding steroid dienone is 1. The number of halogens is 1. The number of ether oxygens (including phenoxy) is 4. The first-order valence-electron chi connectivity index (χ1n) is 12.0. The summed E-state index contributed by atoms with van der Waals surface area (Å²) in [6, 6.07) is 9.27. The number of urea groups is 1. The molecule has 1 aliphatic rings. The van der Waals surface area contributed by atoms with Crippen molar-refractivity contribution in [3.63, 3.8) is 0 Å². The maximum atomic E-state index is 12.4. The van der Waals surface area contributed by atoms with Crippen molar-refractivity contribution in [3.8, 4) is 17.2 Å². The second kappa shape index (κ2) is 14.2. The number of benzene rings is 2. The number of esters is 1. The summed E-state index contributed by atoms with van der Waals surface area (Å²) in [5, 5.41) is 19.7. The minimum atomic E-state index is -1.12. The molecule has 0 saturated carbocycles. The van der Waals surface area contributed by atoms with Crippen molar-refractivity contribution < 1.29 is 33.6 Å². The van der Waals surface area contributed by atoms with Gasteiger partial charge in [0, 0.05) is 5.70 Å². The number of amides is 2. The monoisotopic (exact) mass is 602 g/mol. The molecule has 2 aromatic carbocycles. The minimum absolute atomic E-state index is 0.134. The number of nitrogens with zero attached hydrogens (tertiary/aromatic N) is 1. The molecule has 12 heteroatoms. The molecule has 0 fully saturated rings. The summed E-state index contributed by atoms with van der Waals surface area (Å²) in [4.78, 5) is 24.5. The van der Waals surface area contributed by atoms with Crippen LogP contribution in [0.4, 0.5) is 4.79 Å². The molecule has 2 atom stereocenters. The lowest BCUT2D eigenvalue weighted by Crippen LogP contribution is -2.45. The molecule has 0 spiro atoms. The normalized spacial score (nSPS) is 15.7. The van der Waals surface area contributed by atoms with Gasteiger partial charge in [-0.05, 0) is 71.2 Å². The molecular formula is C27H31BrN4O7. The predicted molar refractivity (Wildman–Crippen MR) is 149 cm³/mol. The number of carbonyl (C=O) groups is 2. The lowest BCUT2D eigenvalue weighted by atomic mass is 9.95. The van der Waals surface area contributed by atoms with Crippen LogP contribution in [0.5, 0.6) is 17.2 Å². The highest BCUT2D eigenvalue weighted by molar-refractivity contribution is 9.10. The van der Waals surface area contributed by atoms with Crippen LogP contribution in [0.15, 0.2) is 69.9 Å². The summed E-state index contributed by atoms with van der Waals surface area (Å²) in [6.45, 7) is 7.67. The van der Waals surface area contributed by atoms with E-state index in [1.165, 1.54) is 7.11 Å². The molecule has 0 saturated heterocycles. The van der Waals surface area contributed by atoms with Crippen LogP contribution in [0.1, 0.15) is 31.0 Å². The van der Waals surface area contributed by atoms with Gasteiger partial charge in [-0.1, -0.05) is 18.7 Å². The van der Waals surface area contributed by atoms with Crippen LogP contribution in [0.25, 0.3) is 0 Å². The zero-order valence-corrected chi connectivity index (χ0v) is 23.4. The standard InChI is InChI=1S/C27H31BrN4O7/c1-5-11-38-20-9-7-17(12-19(20)28)14-29-32-23(33)15-39-21-10-8-18(13-22(21)37-6-2)25-24(26(34)36-4)16(3)30-27(35)31-25/h5,7-10,12-14,23,25,32-33H,1,6,11,15H2,2-4H3,(H2,30,31,35)/b29-14-/t23-,25+/m1/s1. The van der Waals surface area contributed by atoms with E-state index in [0.717, 1.165) is 10.0 Å². The molecule has 0 aliphatic carbocycles. The van der Waals surface area contributed by atoms with Crippen LogP contribution in [0.3, 0.4) is 0 Å². The fourth-order valence-electron chi connectivity index (χ4n) is 3.68. The first-order chi connectivity index (χ1) is 18.8. The Hall–Kier alpha value is -4.03. The van der Waals surface area contributed by atoms with Gasteiger partial charge in [0.25, 0.3) is 0 Å². The zero-order chi connectivity index (χ0) is 28.4. The number of nitrogens with one attached hydrogen (secondary N) is 3. The number of methoxy groups -OCH3 is 1. The smallest absolute Gasteiger partial charge is 0.337 e. The third kappa shape index (κ3) is 7.98. The van der Waals surface area contributed by atoms with Crippen LogP contribution in [-0.2, 0) is 9.53 Å². The SMILES string of the molecule is C=CCOc1ccc(/C=N\N[C@H](O)COc2ccc([C@@H]3NC(=O)NC(C)=C3C(=O)OC)cc2OCC)cc1Br. The molecule has 2 amide bonds. The largest absolute Gasteiger partial charge is 0.490 e. The second-order valence-electron chi connectivity index (χ2n) is 8.20. The van der Waals surface area contributed by atoms with Crippen LogP contribution < -0.4 is 30.3 Å². The molecule has 4 N–H and O–H groups in total. The van der Waals surface area contributed by atoms with E-state index in [1.807, 2.05) is 19.1 Å². The molecule has 39 heavy (non-hydrogen) atoms. The highest BCUT2D eigenvalue weighted by atomic mass is 79.9. The van der Waals surface area contributed by atoms with Crippen LogP contribution in [0, 0.1) is 0 Å². The molecule has 11 nitrogen and oxygen atoms in total. The number of rotatable bonds is 13.